The molecule has 34 heavy (non-hydrogen) atoms. The summed E-state index contributed by atoms with van der Waals surface area (Å²) in [5.41, 5.74) is 5.93. The van der Waals surface area contributed by atoms with Crippen LogP contribution >= 0.6 is 0 Å². The summed E-state index contributed by atoms with van der Waals surface area (Å²) in [4.78, 5) is 15.3. The van der Waals surface area contributed by atoms with E-state index in [0.717, 1.165) is 47.9 Å². The van der Waals surface area contributed by atoms with Crippen LogP contribution in [0, 0.1) is 0 Å². The molecule has 171 valence electrons. The van der Waals surface area contributed by atoms with Crippen LogP contribution < -0.4 is 4.98 Å². The highest BCUT2D eigenvalue weighted by atomic mass is 28.3. The second-order valence-corrected chi connectivity index (χ2v) is 11.0. The summed E-state index contributed by atoms with van der Waals surface area (Å²) in [5.74, 6) is 0. The van der Waals surface area contributed by atoms with Crippen molar-refractivity contribution in [1.82, 2.24) is 43.8 Å². The average Bonchev–Trinajstić information content (AvgIpc) is 3.60. The minimum Gasteiger partial charge on any atom is -0.336 e. The van der Waals surface area contributed by atoms with Crippen molar-refractivity contribution in [3.63, 3.8) is 0 Å². The standard InChI is InChI=1S/C24H26N9Si/c1-34-18-30(9-6-26-34)13-19-4-5-24-27-21(15-32(24)14-19)16-33-17-23(28-29-33)20-10-22(12-25-11-20)31-7-2-3-8-31/h2-5,7-8,10-12,14-15,17,26H,6,9,13,16,18H2,1H3. The van der Waals surface area contributed by atoms with Gasteiger partial charge < -0.3 is 14.0 Å². The highest BCUT2D eigenvalue weighted by Gasteiger charge is 2.17. The van der Waals surface area contributed by atoms with E-state index in [1.807, 2.05) is 52.4 Å². The Morgan fingerprint density at radius 2 is 1.97 bits per heavy atom. The summed E-state index contributed by atoms with van der Waals surface area (Å²) < 4.78 is 5.97. The molecule has 1 N–H and O–H groups in total. The first-order valence-corrected chi connectivity index (χ1v) is 13.6. The van der Waals surface area contributed by atoms with Crippen LogP contribution in [-0.2, 0) is 13.1 Å². The molecule has 0 amide bonds. The van der Waals surface area contributed by atoms with Gasteiger partial charge in [-0.3, -0.25) is 9.88 Å². The lowest BCUT2D eigenvalue weighted by atomic mass is 10.2. The van der Waals surface area contributed by atoms with Crippen LogP contribution in [0.4, 0.5) is 0 Å². The molecular formula is C24H26N9Si. The van der Waals surface area contributed by atoms with Gasteiger partial charge in [-0.2, -0.15) is 0 Å². The van der Waals surface area contributed by atoms with E-state index in [2.05, 4.69) is 66.7 Å². The van der Waals surface area contributed by atoms with Crippen molar-refractivity contribution in [2.24, 2.45) is 0 Å². The van der Waals surface area contributed by atoms with Crippen molar-refractivity contribution in [2.45, 2.75) is 19.6 Å². The number of nitrogens with one attached hydrogen (secondary N) is 1. The summed E-state index contributed by atoms with van der Waals surface area (Å²) in [5, 5.41) is 8.69. The van der Waals surface area contributed by atoms with Gasteiger partial charge in [0.1, 0.15) is 20.3 Å². The highest BCUT2D eigenvalue weighted by Crippen LogP contribution is 2.19. The zero-order valence-corrected chi connectivity index (χ0v) is 20.0. The van der Waals surface area contributed by atoms with Crippen molar-refractivity contribution in [2.75, 3.05) is 19.3 Å². The quantitative estimate of drug-likeness (QED) is 0.386. The van der Waals surface area contributed by atoms with Crippen LogP contribution in [0.3, 0.4) is 0 Å². The Labute approximate surface area is 199 Å². The van der Waals surface area contributed by atoms with E-state index < -0.39 is 8.96 Å². The van der Waals surface area contributed by atoms with Crippen molar-refractivity contribution < 1.29 is 0 Å². The molecule has 0 aliphatic carbocycles. The number of hydrogen-bond acceptors (Lipinski definition) is 6. The Kier molecular flexibility index (Phi) is 5.53. The van der Waals surface area contributed by atoms with Gasteiger partial charge in [-0.05, 0) is 29.8 Å². The van der Waals surface area contributed by atoms with Crippen LogP contribution in [0.25, 0.3) is 22.6 Å². The van der Waals surface area contributed by atoms with Crippen LogP contribution in [0.5, 0.6) is 0 Å². The van der Waals surface area contributed by atoms with Crippen LogP contribution in [0.15, 0.2) is 73.7 Å². The third-order valence-corrected chi connectivity index (χ3v) is 7.84. The van der Waals surface area contributed by atoms with Crippen molar-refractivity contribution in [3.05, 3.63) is 85.0 Å². The van der Waals surface area contributed by atoms with Gasteiger partial charge in [0.05, 0.1) is 30.3 Å². The maximum Gasteiger partial charge on any atom is 0.145 e. The number of hydrogen-bond donors (Lipinski definition) is 1. The second-order valence-electron chi connectivity index (χ2n) is 8.78. The molecular weight excluding hydrogens is 442 g/mol. The zero-order chi connectivity index (χ0) is 22.9. The molecule has 5 aromatic heterocycles. The van der Waals surface area contributed by atoms with Gasteiger partial charge in [0.25, 0.3) is 0 Å². The van der Waals surface area contributed by atoms with E-state index in [9.17, 15) is 0 Å². The molecule has 5 aromatic rings. The maximum atomic E-state index is 4.78. The predicted octanol–water partition coefficient (Wildman–Crippen LogP) is 2.39. The fourth-order valence-electron chi connectivity index (χ4n) is 4.44. The van der Waals surface area contributed by atoms with Gasteiger partial charge in [0.15, 0.2) is 0 Å². The molecule has 1 fully saturated rings. The van der Waals surface area contributed by atoms with Crippen LogP contribution in [0.2, 0.25) is 6.55 Å². The topological polar surface area (TPSA) is 81.1 Å². The Balaban J connectivity index is 1.17. The summed E-state index contributed by atoms with van der Waals surface area (Å²) >= 11 is 0. The van der Waals surface area contributed by atoms with Gasteiger partial charge >= 0.3 is 0 Å². The van der Waals surface area contributed by atoms with Crippen molar-refractivity contribution in [1.29, 1.82) is 0 Å². The highest BCUT2D eigenvalue weighted by molar-refractivity contribution is 6.54. The average molecular weight is 469 g/mol. The molecule has 1 radical (unpaired) electrons. The number of fused-ring (bicyclic) bond motifs is 1. The largest absolute Gasteiger partial charge is 0.336 e. The molecule has 6 rings (SSSR count). The molecule has 1 saturated heterocycles. The smallest absolute Gasteiger partial charge is 0.145 e. The molecule has 0 saturated carbocycles. The van der Waals surface area contributed by atoms with Crippen molar-refractivity contribution in [3.8, 4) is 16.9 Å². The zero-order valence-electron chi connectivity index (χ0n) is 19.0. The predicted molar refractivity (Wildman–Crippen MR) is 132 cm³/mol. The maximum absolute atomic E-state index is 4.78. The van der Waals surface area contributed by atoms with E-state index in [0.29, 0.717) is 6.54 Å². The van der Waals surface area contributed by atoms with Gasteiger partial charge in [0.2, 0.25) is 0 Å². The molecule has 0 bridgehead atoms. The van der Waals surface area contributed by atoms with Crippen LogP contribution in [-0.4, -0.2) is 67.0 Å². The lowest BCUT2D eigenvalue weighted by Gasteiger charge is -2.30. The van der Waals surface area contributed by atoms with E-state index >= 15 is 0 Å². The minimum atomic E-state index is -0.428. The minimum absolute atomic E-state index is 0.428. The Hall–Kier alpha value is -3.60. The SMILES string of the molecule is C[Si]1CN(Cc2ccc3nc(Cn4cc(-c5cncc(-n6cccc6)c5)nn4)cn3c2)CCN1. The fraction of sp³-hybridized carbons (Fsp3) is 0.250. The first-order chi connectivity index (χ1) is 16.7. The second kappa shape index (κ2) is 8.97. The number of aromatic nitrogens is 7. The Morgan fingerprint density at radius 1 is 1.06 bits per heavy atom. The number of rotatable bonds is 6. The van der Waals surface area contributed by atoms with Crippen LogP contribution in [0.1, 0.15) is 11.3 Å². The monoisotopic (exact) mass is 468 g/mol. The molecule has 6 heterocycles. The van der Waals surface area contributed by atoms with Gasteiger partial charge in [-0.1, -0.05) is 17.8 Å². The number of pyridine rings is 2. The molecule has 1 aliphatic rings. The summed E-state index contributed by atoms with van der Waals surface area (Å²) in [6.45, 7) is 6.08. The first kappa shape index (κ1) is 21.0. The molecule has 0 spiro atoms. The third kappa shape index (κ3) is 4.43. The number of imidazole rings is 1. The summed E-state index contributed by atoms with van der Waals surface area (Å²) in [6, 6.07) is 10.3. The Bertz CT molecular complexity index is 1410. The van der Waals surface area contributed by atoms with E-state index in [1.165, 1.54) is 11.7 Å². The van der Waals surface area contributed by atoms with E-state index in [-0.39, 0.29) is 0 Å². The normalized spacial score (nSPS) is 15.3. The van der Waals surface area contributed by atoms with Gasteiger partial charge in [-0.15, -0.1) is 5.10 Å². The lowest BCUT2D eigenvalue weighted by molar-refractivity contribution is 0.294. The van der Waals surface area contributed by atoms with Gasteiger partial charge in [0, 0.05) is 62.3 Å². The first-order valence-electron chi connectivity index (χ1n) is 11.4. The summed E-state index contributed by atoms with van der Waals surface area (Å²) in [7, 11) is -0.428. The van der Waals surface area contributed by atoms with Crippen molar-refractivity contribution >= 4 is 14.6 Å². The van der Waals surface area contributed by atoms with Gasteiger partial charge in [-0.25, -0.2) is 9.67 Å². The molecule has 0 unspecified atom stereocenters. The molecule has 0 aromatic carbocycles. The number of nitrogens with zero attached hydrogens (tertiary/aromatic N) is 8. The lowest BCUT2D eigenvalue weighted by Crippen LogP contribution is -2.51. The fourth-order valence-corrected chi connectivity index (χ4v) is 6.03. The molecule has 10 heteroatoms. The Morgan fingerprint density at radius 3 is 2.85 bits per heavy atom. The molecule has 1 aliphatic heterocycles. The third-order valence-electron chi connectivity index (χ3n) is 6.07. The molecule has 0 atom stereocenters. The summed E-state index contributed by atoms with van der Waals surface area (Å²) in [6.07, 6.45) is 15.0. The van der Waals surface area contributed by atoms with E-state index in [1.54, 1.807) is 0 Å². The van der Waals surface area contributed by atoms with E-state index in [4.69, 9.17) is 4.98 Å². The molecule has 9 nitrogen and oxygen atoms in total.